The zero-order chi connectivity index (χ0) is 28.9. The van der Waals surface area contributed by atoms with Gasteiger partial charge in [-0.25, -0.2) is 0 Å². The second-order valence-corrected chi connectivity index (χ2v) is 9.37. The minimum atomic E-state index is 0.0199. The van der Waals surface area contributed by atoms with Crippen molar-refractivity contribution in [1.29, 1.82) is 10.5 Å². The number of benzene rings is 1. The Morgan fingerprint density at radius 1 is 0.780 bits per heavy atom. The van der Waals surface area contributed by atoms with Gasteiger partial charge in [0.15, 0.2) is 0 Å². The molecule has 0 aliphatic carbocycles. The fourth-order valence-corrected chi connectivity index (χ4v) is 4.49. The van der Waals surface area contributed by atoms with Crippen molar-refractivity contribution in [3.63, 3.8) is 0 Å². The Morgan fingerprint density at radius 2 is 1.39 bits per heavy atom. The summed E-state index contributed by atoms with van der Waals surface area (Å²) in [5.41, 5.74) is 5.35. The largest absolute Gasteiger partial charge is 0.487 e. The number of pyridine rings is 3. The van der Waals surface area contributed by atoms with Gasteiger partial charge in [-0.3, -0.25) is 19.9 Å². The first-order valence-corrected chi connectivity index (χ1v) is 13.6. The molecule has 0 aliphatic rings. The summed E-state index contributed by atoms with van der Waals surface area (Å²) >= 11 is 0. The van der Waals surface area contributed by atoms with Crippen molar-refractivity contribution in [2.45, 2.75) is 40.1 Å². The predicted octanol–water partition coefficient (Wildman–Crippen LogP) is 5.93. The van der Waals surface area contributed by atoms with Crippen molar-refractivity contribution >= 4 is 11.8 Å². The monoisotopic (exact) mass is 543 g/mol. The normalized spacial score (nSPS) is 10.5. The summed E-state index contributed by atoms with van der Waals surface area (Å²) in [6.45, 7) is 8.07. The van der Waals surface area contributed by atoms with Gasteiger partial charge in [-0.1, -0.05) is 18.2 Å². The molecule has 0 radical (unpaired) electrons. The number of hydrogen-bond donors (Lipinski definition) is 0. The van der Waals surface area contributed by atoms with Gasteiger partial charge < -0.3 is 9.64 Å². The van der Waals surface area contributed by atoms with Crippen molar-refractivity contribution in [2.24, 2.45) is 0 Å². The van der Waals surface area contributed by atoms with Crippen LogP contribution in [0.4, 0.5) is 5.69 Å². The zero-order valence-corrected chi connectivity index (χ0v) is 23.4. The van der Waals surface area contributed by atoms with Crippen LogP contribution in [0.2, 0.25) is 0 Å². The molecule has 0 spiro atoms. The SMILES string of the molecule is CCN(CC)c1ccc(C=C(C#N)C#N)c(OCc2cccc(CN(Cc3ccccn3)Cc3ccccn3)n2)c1. The molecule has 0 unspecified atom stereocenters. The molecule has 206 valence electrons. The third-order valence-corrected chi connectivity index (χ3v) is 6.52. The maximum Gasteiger partial charge on any atom is 0.130 e. The van der Waals surface area contributed by atoms with Crippen molar-refractivity contribution in [3.8, 4) is 17.9 Å². The van der Waals surface area contributed by atoms with Crippen molar-refractivity contribution in [3.05, 3.63) is 119 Å². The molecule has 0 bridgehead atoms. The van der Waals surface area contributed by atoms with E-state index in [-0.39, 0.29) is 12.2 Å². The molecule has 0 atom stereocenters. The minimum Gasteiger partial charge on any atom is -0.487 e. The van der Waals surface area contributed by atoms with Crippen LogP contribution < -0.4 is 9.64 Å². The Balaban J connectivity index is 1.54. The van der Waals surface area contributed by atoms with Crippen LogP contribution in [-0.2, 0) is 26.2 Å². The molecule has 4 aromatic rings. The van der Waals surface area contributed by atoms with Gasteiger partial charge in [0, 0.05) is 62.4 Å². The minimum absolute atomic E-state index is 0.0199. The topological polar surface area (TPSA) is 102 Å². The number of aromatic nitrogens is 3. The van der Waals surface area contributed by atoms with Gasteiger partial charge in [-0.15, -0.1) is 0 Å². The summed E-state index contributed by atoms with van der Waals surface area (Å²) in [6, 6.07) is 27.5. The van der Waals surface area contributed by atoms with Crippen LogP contribution in [0, 0.1) is 22.7 Å². The lowest BCUT2D eigenvalue weighted by atomic mass is 10.1. The third-order valence-electron chi connectivity index (χ3n) is 6.52. The quantitative estimate of drug-likeness (QED) is 0.191. The van der Waals surface area contributed by atoms with Crippen LogP contribution >= 0.6 is 0 Å². The van der Waals surface area contributed by atoms with E-state index >= 15 is 0 Å². The number of rotatable bonds is 13. The molecule has 8 heteroatoms. The molecule has 1 aromatic carbocycles. The van der Waals surface area contributed by atoms with E-state index < -0.39 is 0 Å². The first kappa shape index (κ1) is 28.9. The molecule has 0 fully saturated rings. The fourth-order valence-electron chi connectivity index (χ4n) is 4.49. The lowest BCUT2D eigenvalue weighted by molar-refractivity contribution is 0.237. The van der Waals surface area contributed by atoms with Crippen LogP contribution in [-0.4, -0.2) is 32.9 Å². The number of nitriles is 2. The first-order valence-electron chi connectivity index (χ1n) is 13.6. The van der Waals surface area contributed by atoms with E-state index in [1.165, 1.54) is 0 Å². The average Bonchev–Trinajstić information content (AvgIpc) is 3.01. The summed E-state index contributed by atoms with van der Waals surface area (Å²) in [4.78, 5) is 18.4. The lowest BCUT2D eigenvalue weighted by Crippen LogP contribution is -2.24. The number of allylic oxidation sites excluding steroid dienone is 1. The van der Waals surface area contributed by atoms with E-state index in [1.54, 1.807) is 18.5 Å². The van der Waals surface area contributed by atoms with Gasteiger partial charge in [0.05, 0.1) is 22.8 Å². The molecule has 0 N–H and O–H groups in total. The number of nitrogens with zero attached hydrogens (tertiary/aromatic N) is 7. The molecule has 3 heterocycles. The molecular weight excluding hydrogens is 510 g/mol. The predicted molar refractivity (Wildman–Crippen MR) is 159 cm³/mol. The molecule has 4 rings (SSSR count). The number of ether oxygens (including phenoxy) is 1. The lowest BCUT2D eigenvalue weighted by Gasteiger charge is -2.22. The van der Waals surface area contributed by atoms with Crippen LogP contribution in [0.25, 0.3) is 6.08 Å². The van der Waals surface area contributed by atoms with E-state index in [0.717, 1.165) is 41.6 Å². The van der Waals surface area contributed by atoms with Gasteiger partial charge in [-0.05, 0) is 68.5 Å². The van der Waals surface area contributed by atoms with E-state index in [1.807, 2.05) is 84.9 Å². The van der Waals surface area contributed by atoms with Crippen LogP contribution in [0.15, 0.2) is 90.8 Å². The van der Waals surface area contributed by atoms with Gasteiger partial charge in [0.2, 0.25) is 0 Å². The highest BCUT2D eigenvalue weighted by atomic mass is 16.5. The van der Waals surface area contributed by atoms with Crippen LogP contribution in [0.5, 0.6) is 5.75 Å². The second-order valence-electron chi connectivity index (χ2n) is 9.37. The summed E-state index contributed by atoms with van der Waals surface area (Å²) in [7, 11) is 0. The maximum absolute atomic E-state index is 9.28. The van der Waals surface area contributed by atoms with Gasteiger partial charge in [0.1, 0.15) is 30.1 Å². The third kappa shape index (κ3) is 8.47. The molecule has 0 saturated heterocycles. The van der Waals surface area contributed by atoms with Crippen LogP contribution in [0.3, 0.4) is 0 Å². The molecule has 3 aromatic heterocycles. The Kier molecular flexibility index (Phi) is 10.5. The summed E-state index contributed by atoms with van der Waals surface area (Å²) in [5, 5.41) is 18.6. The summed E-state index contributed by atoms with van der Waals surface area (Å²) in [5.74, 6) is 0.594. The van der Waals surface area contributed by atoms with Crippen molar-refractivity contribution < 1.29 is 4.74 Å². The number of hydrogen-bond acceptors (Lipinski definition) is 8. The summed E-state index contributed by atoms with van der Waals surface area (Å²) in [6.07, 6.45) is 5.16. The van der Waals surface area contributed by atoms with E-state index in [9.17, 15) is 10.5 Å². The Bertz CT molecular complexity index is 1460. The van der Waals surface area contributed by atoms with Gasteiger partial charge >= 0.3 is 0 Å². The standard InChI is InChI=1S/C33H33N7O/c1-3-40(4-2)32-15-14-27(18-26(20-34)21-35)33(19-32)41-25-31-13-9-12-30(38-31)24-39(22-28-10-5-7-16-36-28)23-29-11-6-8-17-37-29/h5-19H,3-4,22-25H2,1-2H3. The van der Waals surface area contributed by atoms with Crippen molar-refractivity contribution in [2.75, 3.05) is 18.0 Å². The Hall–Kier alpha value is -5.05. The van der Waals surface area contributed by atoms with E-state index in [4.69, 9.17) is 9.72 Å². The zero-order valence-electron chi connectivity index (χ0n) is 23.4. The van der Waals surface area contributed by atoms with Gasteiger partial charge in [0.25, 0.3) is 0 Å². The number of anilines is 1. The van der Waals surface area contributed by atoms with Crippen LogP contribution in [0.1, 0.15) is 42.2 Å². The Labute approximate surface area is 241 Å². The molecule has 0 aliphatic heterocycles. The maximum atomic E-state index is 9.28. The van der Waals surface area contributed by atoms with E-state index in [2.05, 4.69) is 33.6 Å². The molecule has 0 amide bonds. The molecule has 8 nitrogen and oxygen atoms in total. The Morgan fingerprint density at radius 3 is 1.98 bits per heavy atom. The average molecular weight is 544 g/mol. The summed E-state index contributed by atoms with van der Waals surface area (Å²) < 4.78 is 6.26. The smallest absolute Gasteiger partial charge is 0.130 e. The fraction of sp³-hybridized carbons (Fsp3) is 0.242. The molecule has 41 heavy (non-hydrogen) atoms. The highest BCUT2D eigenvalue weighted by Crippen LogP contribution is 2.28. The highest BCUT2D eigenvalue weighted by molar-refractivity contribution is 5.69. The van der Waals surface area contributed by atoms with Crippen molar-refractivity contribution in [1.82, 2.24) is 19.9 Å². The molecular formula is C33H33N7O. The molecule has 0 saturated carbocycles. The van der Waals surface area contributed by atoms with Gasteiger partial charge in [-0.2, -0.15) is 10.5 Å². The highest BCUT2D eigenvalue weighted by Gasteiger charge is 2.13. The van der Waals surface area contributed by atoms with E-state index in [0.29, 0.717) is 30.9 Å². The second kappa shape index (κ2) is 14.9. The first-order chi connectivity index (χ1) is 20.1.